The first kappa shape index (κ1) is 14.5. The summed E-state index contributed by atoms with van der Waals surface area (Å²) >= 11 is 0. The summed E-state index contributed by atoms with van der Waals surface area (Å²) in [5, 5.41) is 7.49. The topological polar surface area (TPSA) is 62.5 Å². The number of nitrogens with zero attached hydrogens (tertiary/aromatic N) is 4. The molecule has 1 aliphatic heterocycles. The number of hydrogen-bond acceptors (Lipinski definition) is 4. The molecule has 2 aromatic heterocycles. The molecule has 0 unspecified atom stereocenters. The van der Waals surface area contributed by atoms with E-state index in [1.807, 2.05) is 16.9 Å². The largest absolute Gasteiger partial charge is 0.359 e. The summed E-state index contributed by atoms with van der Waals surface area (Å²) < 4.78 is 1.96. The third-order valence-corrected chi connectivity index (χ3v) is 5.32. The van der Waals surface area contributed by atoms with Crippen molar-refractivity contribution in [3.8, 4) is 0 Å². The number of carbonyl (C=O) groups excluding carboxylic acids is 1. The van der Waals surface area contributed by atoms with Crippen LogP contribution in [0.2, 0.25) is 0 Å². The Bertz CT molecular complexity index is 713. The van der Waals surface area contributed by atoms with Crippen molar-refractivity contribution in [3.63, 3.8) is 0 Å². The smallest absolute Gasteiger partial charge is 0.222 e. The summed E-state index contributed by atoms with van der Waals surface area (Å²) in [6.07, 6.45) is 9.34. The van der Waals surface area contributed by atoms with Crippen molar-refractivity contribution < 1.29 is 4.79 Å². The maximum absolute atomic E-state index is 11.8. The fourth-order valence-electron chi connectivity index (χ4n) is 3.63. The van der Waals surface area contributed by atoms with Gasteiger partial charge in [-0.05, 0) is 31.7 Å². The molecule has 122 valence electrons. The Hall–Kier alpha value is -2.11. The number of nitrogens with one attached hydrogen (secondary N) is 1. The number of piperidine rings is 1. The molecule has 2 fully saturated rings. The lowest BCUT2D eigenvalue weighted by atomic mass is 9.83. The summed E-state index contributed by atoms with van der Waals surface area (Å²) in [5.74, 6) is 1.92. The van der Waals surface area contributed by atoms with Crippen LogP contribution in [0.3, 0.4) is 0 Å². The van der Waals surface area contributed by atoms with Gasteiger partial charge in [-0.15, -0.1) is 0 Å². The molecule has 1 aliphatic carbocycles. The van der Waals surface area contributed by atoms with Crippen LogP contribution in [0.15, 0.2) is 18.5 Å². The average molecular weight is 313 g/mol. The zero-order valence-corrected chi connectivity index (χ0v) is 13.5. The molecule has 1 saturated carbocycles. The van der Waals surface area contributed by atoms with Crippen molar-refractivity contribution in [2.45, 2.75) is 38.0 Å². The van der Waals surface area contributed by atoms with E-state index in [2.05, 4.69) is 21.3 Å². The Balaban J connectivity index is 1.57. The molecule has 4 rings (SSSR count). The molecule has 23 heavy (non-hydrogen) atoms. The lowest BCUT2D eigenvalue weighted by Gasteiger charge is -2.32. The zero-order chi connectivity index (χ0) is 15.8. The quantitative estimate of drug-likeness (QED) is 0.941. The second-order valence-electron chi connectivity index (χ2n) is 6.65. The highest BCUT2D eigenvalue weighted by molar-refractivity contribution is 5.79. The lowest BCUT2D eigenvalue weighted by molar-refractivity contribution is -0.125. The SMILES string of the molecule is CNC(=O)C1CCN(c2nccn3nc(C4CCC4)cc23)CC1. The number of amides is 1. The van der Waals surface area contributed by atoms with E-state index in [1.54, 1.807) is 7.05 Å². The fraction of sp³-hybridized carbons (Fsp3) is 0.588. The van der Waals surface area contributed by atoms with Crippen LogP contribution in [0.5, 0.6) is 0 Å². The van der Waals surface area contributed by atoms with Gasteiger partial charge in [0.1, 0.15) is 5.52 Å². The van der Waals surface area contributed by atoms with Crippen LogP contribution < -0.4 is 10.2 Å². The van der Waals surface area contributed by atoms with Crippen LogP contribution in [0.4, 0.5) is 5.82 Å². The standard InChI is InChI=1S/C17H23N5O/c1-18-17(23)13-5-8-21(9-6-13)16-15-11-14(12-3-2-4-12)20-22(15)10-7-19-16/h7,10-13H,2-6,8-9H2,1H3,(H,18,23). The van der Waals surface area contributed by atoms with Crippen molar-refractivity contribution in [1.82, 2.24) is 19.9 Å². The Morgan fingerprint density at radius 2 is 2.04 bits per heavy atom. The molecule has 2 aromatic rings. The van der Waals surface area contributed by atoms with Crippen molar-refractivity contribution in [2.24, 2.45) is 5.92 Å². The highest BCUT2D eigenvalue weighted by Crippen LogP contribution is 2.37. The summed E-state index contributed by atoms with van der Waals surface area (Å²) in [7, 11) is 1.71. The minimum atomic E-state index is 0.131. The normalized spacial score (nSPS) is 19.8. The monoisotopic (exact) mass is 313 g/mol. The highest BCUT2D eigenvalue weighted by atomic mass is 16.1. The first-order valence-electron chi connectivity index (χ1n) is 8.57. The molecule has 1 N–H and O–H groups in total. The van der Waals surface area contributed by atoms with E-state index in [1.165, 1.54) is 25.0 Å². The van der Waals surface area contributed by atoms with Gasteiger partial charge < -0.3 is 10.2 Å². The van der Waals surface area contributed by atoms with Gasteiger partial charge in [0.05, 0.1) is 5.69 Å². The number of anilines is 1. The second-order valence-corrected chi connectivity index (χ2v) is 6.65. The Morgan fingerprint density at radius 3 is 2.70 bits per heavy atom. The molecule has 2 aliphatic rings. The van der Waals surface area contributed by atoms with Gasteiger partial charge in [-0.25, -0.2) is 9.50 Å². The van der Waals surface area contributed by atoms with Crippen molar-refractivity contribution in [1.29, 1.82) is 0 Å². The average Bonchev–Trinajstić information content (AvgIpc) is 2.95. The van der Waals surface area contributed by atoms with Crippen molar-refractivity contribution in [3.05, 3.63) is 24.2 Å². The molecule has 0 aromatic carbocycles. The van der Waals surface area contributed by atoms with Crippen LogP contribution in [0.1, 0.15) is 43.7 Å². The van der Waals surface area contributed by atoms with E-state index in [4.69, 9.17) is 5.10 Å². The van der Waals surface area contributed by atoms with Crippen LogP contribution in [-0.2, 0) is 4.79 Å². The first-order chi connectivity index (χ1) is 11.3. The Labute approximate surface area is 135 Å². The predicted octanol–water partition coefficient (Wildman–Crippen LogP) is 1.96. The maximum atomic E-state index is 11.8. The molecule has 0 atom stereocenters. The van der Waals surface area contributed by atoms with Crippen LogP contribution in [0.25, 0.3) is 5.52 Å². The molecule has 0 bridgehead atoms. The summed E-state index contributed by atoms with van der Waals surface area (Å²) in [5.41, 5.74) is 2.29. The number of aromatic nitrogens is 3. The van der Waals surface area contributed by atoms with Gasteiger partial charge in [-0.2, -0.15) is 5.10 Å². The van der Waals surface area contributed by atoms with Gasteiger partial charge in [0.2, 0.25) is 5.91 Å². The van der Waals surface area contributed by atoms with E-state index >= 15 is 0 Å². The van der Waals surface area contributed by atoms with E-state index < -0.39 is 0 Å². The number of rotatable bonds is 3. The third kappa shape index (κ3) is 2.56. The molecule has 6 heteroatoms. The van der Waals surface area contributed by atoms with E-state index in [-0.39, 0.29) is 11.8 Å². The van der Waals surface area contributed by atoms with E-state index in [0.717, 1.165) is 37.3 Å². The molecule has 1 saturated heterocycles. The number of carbonyl (C=O) groups is 1. The minimum Gasteiger partial charge on any atom is -0.359 e. The number of hydrogen-bond donors (Lipinski definition) is 1. The predicted molar refractivity (Wildman–Crippen MR) is 88.6 cm³/mol. The maximum Gasteiger partial charge on any atom is 0.222 e. The van der Waals surface area contributed by atoms with Gasteiger partial charge in [0.25, 0.3) is 0 Å². The summed E-state index contributed by atoms with van der Waals surface area (Å²) in [6.45, 7) is 1.74. The van der Waals surface area contributed by atoms with E-state index in [9.17, 15) is 4.79 Å². The lowest BCUT2D eigenvalue weighted by Crippen LogP contribution is -2.40. The number of fused-ring (bicyclic) bond motifs is 1. The fourth-order valence-corrected chi connectivity index (χ4v) is 3.63. The first-order valence-corrected chi connectivity index (χ1v) is 8.57. The van der Waals surface area contributed by atoms with Crippen LogP contribution >= 0.6 is 0 Å². The molecule has 6 nitrogen and oxygen atoms in total. The zero-order valence-electron chi connectivity index (χ0n) is 13.5. The van der Waals surface area contributed by atoms with Crippen molar-refractivity contribution in [2.75, 3.05) is 25.0 Å². The second kappa shape index (κ2) is 5.83. The van der Waals surface area contributed by atoms with Gasteiger partial charge in [-0.3, -0.25) is 4.79 Å². The van der Waals surface area contributed by atoms with Gasteiger partial charge >= 0.3 is 0 Å². The molecule has 1 amide bonds. The third-order valence-electron chi connectivity index (χ3n) is 5.32. The molecular formula is C17H23N5O. The minimum absolute atomic E-state index is 0.131. The van der Waals surface area contributed by atoms with Crippen LogP contribution in [-0.4, -0.2) is 40.6 Å². The van der Waals surface area contributed by atoms with Gasteiger partial charge in [0.15, 0.2) is 5.82 Å². The van der Waals surface area contributed by atoms with Gasteiger partial charge in [-0.1, -0.05) is 6.42 Å². The Morgan fingerprint density at radius 1 is 1.26 bits per heavy atom. The summed E-state index contributed by atoms with van der Waals surface area (Å²) in [4.78, 5) is 18.7. The Kier molecular flexibility index (Phi) is 3.67. The molecule has 0 spiro atoms. The van der Waals surface area contributed by atoms with Crippen molar-refractivity contribution >= 4 is 17.2 Å². The van der Waals surface area contributed by atoms with Gasteiger partial charge in [0, 0.05) is 44.4 Å². The summed E-state index contributed by atoms with van der Waals surface area (Å²) in [6, 6.07) is 2.21. The molecule has 3 heterocycles. The molecule has 0 radical (unpaired) electrons. The molecular weight excluding hydrogens is 290 g/mol. The highest BCUT2D eigenvalue weighted by Gasteiger charge is 2.27. The van der Waals surface area contributed by atoms with Crippen LogP contribution in [0, 0.1) is 5.92 Å². The van der Waals surface area contributed by atoms with E-state index in [0.29, 0.717) is 5.92 Å².